The first-order valence-corrected chi connectivity index (χ1v) is 6.49. The van der Waals surface area contributed by atoms with Crippen molar-refractivity contribution in [3.63, 3.8) is 0 Å². The number of para-hydroxylation sites is 1. The molecule has 0 radical (unpaired) electrons. The molecule has 4 heteroatoms. The molecule has 0 bridgehead atoms. The molecule has 0 aliphatic carbocycles. The zero-order valence-corrected chi connectivity index (χ0v) is 10.9. The Morgan fingerprint density at radius 3 is 2.50 bits per heavy atom. The van der Waals surface area contributed by atoms with E-state index in [1.807, 2.05) is 54.6 Å². The smallest absolute Gasteiger partial charge is 0.145 e. The lowest BCUT2D eigenvalue weighted by molar-refractivity contribution is -0.108. The Bertz CT molecular complexity index is 652. The number of carbonyl (C=O) groups is 1. The number of fused-ring (bicyclic) bond motifs is 1. The summed E-state index contributed by atoms with van der Waals surface area (Å²) < 4.78 is 0. The molecule has 0 saturated carbocycles. The molecule has 2 atom stereocenters. The molecular weight excluding hydrogens is 250 g/mol. The second-order valence-electron chi connectivity index (χ2n) is 4.69. The molecule has 4 nitrogen and oxygen atoms in total. The van der Waals surface area contributed by atoms with Crippen LogP contribution in [0.1, 0.15) is 11.1 Å². The quantitative estimate of drug-likeness (QED) is 0.814. The van der Waals surface area contributed by atoms with Crippen molar-refractivity contribution >= 4 is 17.7 Å². The van der Waals surface area contributed by atoms with Crippen LogP contribution < -0.4 is 11.1 Å². The van der Waals surface area contributed by atoms with Crippen LogP contribution in [0.15, 0.2) is 59.6 Å². The molecule has 1 heterocycles. The maximum Gasteiger partial charge on any atom is 0.145 e. The summed E-state index contributed by atoms with van der Waals surface area (Å²) in [5, 5.41) is 3.15. The summed E-state index contributed by atoms with van der Waals surface area (Å²) in [6, 6.07) is 17.1. The van der Waals surface area contributed by atoms with Crippen molar-refractivity contribution in [2.45, 2.75) is 12.2 Å². The maximum atomic E-state index is 11.2. The fraction of sp³-hybridized carbons (Fsp3) is 0.125. The first kappa shape index (κ1) is 12.6. The molecule has 100 valence electrons. The Hall–Kier alpha value is -2.46. The highest BCUT2D eigenvalue weighted by Crippen LogP contribution is 2.24. The number of nitrogens with zero attached hydrogens (tertiary/aromatic N) is 1. The molecule has 2 aromatic carbocycles. The SMILES string of the molecule is N[C@H]1N=C(c2ccccc2)c2ccccc2NC1C=O. The number of anilines is 1. The average Bonchev–Trinajstić information content (AvgIpc) is 2.65. The third-order valence-electron chi connectivity index (χ3n) is 3.34. The van der Waals surface area contributed by atoms with E-state index in [2.05, 4.69) is 10.3 Å². The Balaban J connectivity index is 2.18. The van der Waals surface area contributed by atoms with Gasteiger partial charge in [-0.1, -0.05) is 48.5 Å². The lowest BCUT2D eigenvalue weighted by Crippen LogP contribution is -2.39. The van der Waals surface area contributed by atoms with Crippen molar-refractivity contribution in [3.05, 3.63) is 65.7 Å². The van der Waals surface area contributed by atoms with Gasteiger partial charge in [-0.3, -0.25) is 4.99 Å². The Morgan fingerprint density at radius 1 is 1.05 bits per heavy atom. The minimum atomic E-state index is -0.602. The van der Waals surface area contributed by atoms with Crippen LogP contribution in [-0.2, 0) is 4.79 Å². The van der Waals surface area contributed by atoms with Crippen LogP contribution in [0.2, 0.25) is 0 Å². The van der Waals surface area contributed by atoms with Crippen molar-refractivity contribution in [3.8, 4) is 0 Å². The summed E-state index contributed by atoms with van der Waals surface area (Å²) in [4.78, 5) is 15.7. The highest BCUT2D eigenvalue weighted by atomic mass is 16.1. The van der Waals surface area contributed by atoms with E-state index in [4.69, 9.17) is 5.73 Å². The molecule has 0 fully saturated rings. The van der Waals surface area contributed by atoms with E-state index in [1.165, 1.54) is 0 Å². The van der Waals surface area contributed by atoms with Gasteiger partial charge in [-0.15, -0.1) is 0 Å². The predicted octanol–water partition coefficient (Wildman–Crippen LogP) is 1.80. The van der Waals surface area contributed by atoms with Gasteiger partial charge in [-0.05, 0) is 6.07 Å². The molecule has 0 spiro atoms. The second kappa shape index (κ2) is 5.27. The first-order valence-electron chi connectivity index (χ1n) is 6.49. The number of nitrogens with one attached hydrogen (secondary N) is 1. The van der Waals surface area contributed by atoms with Gasteiger partial charge in [0.05, 0.1) is 5.71 Å². The lowest BCUT2D eigenvalue weighted by Gasteiger charge is -2.15. The second-order valence-corrected chi connectivity index (χ2v) is 4.69. The zero-order chi connectivity index (χ0) is 13.9. The van der Waals surface area contributed by atoms with Crippen LogP contribution in [-0.4, -0.2) is 24.2 Å². The molecule has 1 unspecified atom stereocenters. The Kier molecular flexibility index (Phi) is 3.31. The van der Waals surface area contributed by atoms with Gasteiger partial charge in [0.1, 0.15) is 18.5 Å². The van der Waals surface area contributed by atoms with E-state index in [0.29, 0.717) is 0 Å². The third-order valence-corrected chi connectivity index (χ3v) is 3.34. The van der Waals surface area contributed by atoms with Gasteiger partial charge >= 0.3 is 0 Å². The number of carbonyl (C=O) groups excluding carboxylic acids is 1. The highest BCUT2D eigenvalue weighted by Gasteiger charge is 2.24. The van der Waals surface area contributed by atoms with Crippen LogP contribution in [0.4, 0.5) is 5.69 Å². The van der Waals surface area contributed by atoms with E-state index in [9.17, 15) is 4.79 Å². The molecule has 1 aliphatic heterocycles. The summed E-state index contributed by atoms with van der Waals surface area (Å²) in [5.41, 5.74) is 9.65. The van der Waals surface area contributed by atoms with Gasteiger partial charge in [0.15, 0.2) is 0 Å². The summed E-state index contributed by atoms with van der Waals surface area (Å²) in [7, 11) is 0. The summed E-state index contributed by atoms with van der Waals surface area (Å²) >= 11 is 0. The van der Waals surface area contributed by atoms with Crippen molar-refractivity contribution in [2.24, 2.45) is 10.7 Å². The van der Waals surface area contributed by atoms with Gasteiger partial charge in [-0.2, -0.15) is 0 Å². The molecule has 2 aromatic rings. The highest BCUT2D eigenvalue weighted by molar-refractivity contribution is 6.16. The van der Waals surface area contributed by atoms with E-state index in [1.54, 1.807) is 0 Å². The molecule has 0 aromatic heterocycles. The average molecular weight is 265 g/mol. The van der Waals surface area contributed by atoms with Gasteiger partial charge in [0, 0.05) is 16.8 Å². The van der Waals surface area contributed by atoms with Crippen LogP contribution in [0.3, 0.4) is 0 Å². The van der Waals surface area contributed by atoms with E-state index in [0.717, 1.165) is 28.8 Å². The van der Waals surface area contributed by atoms with Crippen molar-refractivity contribution in [1.29, 1.82) is 0 Å². The molecule has 1 aliphatic rings. The number of hydrogen-bond donors (Lipinski definition) is 2. The maximum absolute atomic E-state index is 11.2. The summed E-state index contributed by atoms with van der Waals surface area (Å²) in [5.74, 6) is 0. The van der Waals surface area contributed by atoms with E-state index in [-0.39, 0.29) is 0 Å². The molecule has 3 rings (SSSR count). The number of benzene rings is 2. The monoisotopic (exact) mass is 265 g/mol. The van der Waals surface area contributed by atoms with Crippen LogP contribution in [0.5, 0.6) is 0 Å². The number of aldehydes is 1. The van der Waals surface area contributed by atoms with E-state index < -0.39 is 12.2 Å². The van der Waals surface area contributed by atoms with Crippen molar-refractivity contribution in [1.82, 2.24) is 0 Å². The standard InChI is InChI=1S/C16H15N3O/c17-16-14(10-20)18-13-9-5-4-8-12(13)15(19-16)11-6-2-1-3-7-11/h1-10,14,16,18H,17H2/t14?,16-/m0/s1. The molecule has 20 heavy (non-hydrogen) atoms. The fourth-order valence-corrected chi connectivity index (χ4v) is 2.32. The Morgan fingerprint density at radius 2 is 1.75 bits per heavy atom. The molecule has 0 saturated heterocycles. The van der Waals surface area contributed by atoms with Crippen molar-refractivity contribution < 1.29 is 4.79 Å². The number of rotatable bonds is 2. The summed E-state index contributed by atoms with van der Waals surface area (Å²) in [6.45, 7) is 0. The molecule has 0 amide bonds. The molecule has 3 N–H and O–H groups in total. The number of aliphatic imine (C=N–C) groups is 1. The lowest BCUT2D eigenvalue weighted by atomic mass is 10.0. The number of benzodiazepines with no additional fused rings is 1. The van der Waals surface area contributed by atoms with Crippen LogP contribution in [0.25, 0.3) is 0 Å². The summed E-state index contributed by atoms with van der Waals surface area (Å²) in [6.07, 6.45) is 0.203. The normalized spacial score (nSPS) is 21.1. The van der Waals surface area contributed by atoms with Gasteiger partial charge in [0.2, 0.25) is 0 Å². The van der Waals surface area contributed by atoms with E-state index >= 15 is 0 Å². The number of nitrogens with two attached hydrogens (primary N) is 1. The van der Waals surface area contributed by atoms with Gasteiger partial charge < -0.3 is 15.8 Å². The largest absolute Gasteiger partial charge is 0.372 e. The Labute approximate surface area is 117 Å². The minimum absolute atomic E-state index is 0.516. The van der Waals surface area contributed by atoms with Crippen molar-refractivity contribution in [2.75, 3.05) is 5.32 Å². The predicted molar refractivity (Wildman–Crippen MR) is 80.0 cm³/mol. The van der Waals surface area contributed by atoms with Crippen LogP contribution >= 0.6 is 0 Å². The fourth-order valence-electron chi connectivity index (χ4n) is 2.32. The van der Waals surface area contributed by atoms with Gasteiger partial charge in [0.25, 0.3) is 0 Å². The first-order chi connectivity index (χ1) is 9.79. The minimum Gasteiger partial charge on any atom is -0.372 e. The number of hydrogen-bond acceptors (Lipinski definition) is 4. The van der Waals surface area contributed by atoms with Gasteiger partial charge in [-0.25, -0.2) is 0 Å². The topological polar surface area (TPSA) is 67.5 Å². The third kappa shape index (κ3) is 2.21. The zero-order valence-electron chi connectivity index (χ0n) is 10.9. The van der Waals surface area contributed by atoms with Crippen LogP contribution in [0, 0.1) is 0 Å². The molecular formula is C16H15N3O.